The molecule has 6 nitrogen and oxygen atoms in total. The van der Waals surface area contributed by atoms with Gasteiger partial charge in [0.25, 0.3) is 0 Å². The van der Waals surface area contributed by atoms with Crippen molar-refractivity contribution in [2.75, 3.05) is 13.2 Å². The molecule has 2 unspecified atom stereocenters. The van der Waals surface area contributed by atoms with E-state index in [-0.39, 0.29) is 18.5 Å². The molecule has 0 rings (SSSR count). The van der Waals surface area contributed by atoms with E-state index in [9.17, 15) is 19.8 Å². The number of aliphatic hydroxyl groups excluding tert-OH is 2. The molecule has 0 aromatic heterocycles. The highest BCUT2D eigenvalue weighted by Gasteiger charge is 2.20. The van der Waals surface area contributed by atoms with Crippen LogP contribution < -0.4 is 5.32 Å². The molecule has 64 heavy (non-hydrogen) atoms. The van der Waals surface area contributed by atoms with Crippen molar-refractivity contribution in [1.82, 2.24) is 5.32 Å². The zero-order valence-corrected chi connectivity index (χ0v) is 42.8. The van der Waals surface area contributed by atoms with Gasteiger partial charge in [-0.25, -0.2) is 0 Å². The summed E-state index contributed by atoms with van der Waals surface area (Å²) in [4.78, 5) is 24.5. The van der Waals surface area contributed by atoms with Crippen LogP contribution in [0.1, 0.15) is 296 Å². The van der Waals surface area contributed by atoms with Crippen LogP contribution in [0.2, 0.25) is 0 Å². The van der Waals surface area contributed by atoms with Crippen molar-refractivity contribution >= 4 is 11.9 Å². The lowest BCUT2D eigenvalue weighted by molar-refractivity contribution is -0.143. The summed E-state index contributed by atoms with van der Waals surface area (Å²) >= 11 is 0. The second-order valence-corrected chi connectivity index (χ2v) is 19.3. The van der Waals surface area contributed by atoms with Gasteiger partial charge in [0.15, 0.2) is 0 Å². The predicted octanol–water partition coefficient (Wildman–Crippen LogP) is 17.2. The third-order valence-corrected chi connectivity index (χ3v) is 12.9. The Hall–Kier alpha value is -1.92. The van der Waals surface area contributed by atoms with Crippen LogP contribution in [0.15, 0.2) is 36.5 Å². The van der Waals surface area contributed by atoms with Gasteiger partial charge in [-0.1, -0.05) is 243 Å². The molecule has 0 spiro atoms. The quantitative estimate of drug-likeness (QED) is 0.0321. The van der Waals surface area contributed by atoms with Gasteiger partial charge in [0.1, 0.15) is 0 Å². The SMILES string of the molecule is CCC/C=C\C/C=C\CCCCCCCC(=O)OCCCCCCCC/C=C\CCCCCC(=O)NC(CO)C(O)CCCCCCCCCCCCCCCCCCCCCCC. The van der Waals surface area contributed by atoms with Crippen LogP contribution in [-0.2, 0) is 14.3 Å². The van der Waals surface area contributed by atoms with Crippen molar-refractivity contribution in [3.63, 3.8) is 0 Å². The van der Waals surface area contributed by atoms with Crippen molar-refractivity contribution in [3.05, 3.63) is 36.5 Å². The Kier molecular flexibility index (Phi) is 52.1. The fraction of sp³-hybridized carbons (Fsp3) is 0.862. The highest BCUT2D eigenvalue weighted by Crippen LogP contribution is 2.17. The van der Waals surface area contributed by atoms with Crippen molar-refractivity contribution in [2.24, 2.45) is 0 Å². The number of amides is 1. The lowest BCUT2D eigenvalue weighted by Crippen LogP contribution is -2.45. The Labute approximate surface area is 398 Å². The zero-order chi connectivity index (χ0) is 46.5. The van der Waals surface area contributed by atoms with E-state index >= 15 is 0 Å². The molecule has 1 amide bonds. The Morgan fingerprint density at radius 3 is 1.28 bits per heavy atom. The average Bonchev–Trinajstić information content (AvgIpc) is 3.29. The van der Waals surface area contributed by atoms with E-state index in [1.165, 1.54) is 180 Å². The molecule has 376 valence electrons. The first kappa shape index (κ1) is 62.1. The largest absolute Gasteiger partial charge is 0.466 e. The number of ether oxygens (including phenoxy) is 1. The van der Waals surface area contributed by atoms with E-state index in [2.05, 4.69) is 55.6 Å². The number of hydrogen-bond donors (Lipinski definition) is 3. The van der Waals surface area contributed by atoms with Crippen molar-refractivity contribution in [1.29, 1.82) is 0 Å². The van der Waals surface area contributed by atoms with Crippen LogP contribution in [0.25, 0.3) is 0 Å². The Morgan fingerprint density at radius 1 is 0.438 bits per heavy atom. The molecule has 3 N–H and O–H groups in total. The van der Waals surface area contributed by atoms with Gasteiger partial charge in [0.2, 0.25) is 5.91 Å². The van der Waals surface area contributed by atoms with E-state index in [0.29, 0.717) is 25.9 Å². The average molecular weight is 901 g/mol. The van der Waals surface area contributed by atoms with Gasteiger partial charge >= 0.3 is 5.97 Å². The smallest absolute Gasteiger partial charge is 0.305 e. The number of carbonyl (C=O) groups excluding carboxylic acids is 2. The number of aliphatic hydroxyl groups is 2. The minimum Gasteiger partial charge on any atom is -0.466 e. The maximum absolute atomic E-state index is 12.5. The summed E-state index contributed by atoms with van der Waals surface area (Å²) in [6.07, 6.45) is 65.6. The molecule has 0 aromatic carbocycles. The highest BCUT2D eigenvalue weighted by atomic mass is 16.5. The summed E-state index contributed by atoms with van der Waals surface area (Å²) in [6.45, 7) is 4.85. The van der Waals surface area contributed by atoms with Gasteiger partial charge in [0.05, 0.1) is 25.4 Å². The van der Waals surface area contributed by atoms with Crippen molar-refractivity contribution in [3.8, 4) is 0 Å². The molecule has 6 heteroatoms. The molecule has 0 aliphatic heterocycles. The predicted molar refractivity (Wildman–Crippen MR) is 278 cm³/mol. The Balaban J connectivity index is 3.50. The van der Waals surface area contributed by atoms with Gasteiger partial charge in [0, 0.05) is 12.8 Å². The summed E-state index contributed by atoms with van der Waals surface area (Å²) in [6, 6.07) is -0.564. The monoisotopic (exact) mass is 900 g/mol. The number of unbranched alkanes of at least 4 members (excludes halogenated alkanes) is 35. The molecule has 2 atom stereocenters. The molecular formula is C58H109NO5. The summed E-state index contributed by atoms with van der Waals surface area (Å²) in [5.41, 5.74) is 0. The number of hydrogen-bond acceptors (Lipinski definition) is 5. The summed E-state index contributed by atoms with van der Waals surface area (Å²) in [7, 11) is 0. The molecule has 0 fully saturated rings. The minimum absolute atomic E-state index is 0.0277. The molecular weight excluding hydrogens is 791 g/mol. The van der Waals surface area contributed by atoms with Gasteiger partial charge in [-0.15, -0.1) is 0 Å². The zero-order valence-electron chi connectivity index (χ0n) is 42.8. The lowest BCUT2D eigenvalue weighted by atomic mass is 10.0. The number of allylic oxidation sites excluding steroid dienone is 6. The molecule has 0 radical (unpaired) electrons. The first-order chi connectivity index (χ1) is 31.5. The normalized spacial score (nSPS) is 12.9. The first-order valence-corrected chi connectivity index (χ1v) is 28.2. The second-order valence-electron chi connectivity index (χ2n) is 19.3. The number of rotatable bonds is 52. The van der Waals surface area contributed by atoms with Crippen LogP contribution in [0.5, 0.6) is 0 Å². The molecule has 0 bridgehead atoms. The molecule has 0 aliphatic carbocycles. The lowest BCUT2D eigenvalue weighted by Gasteiger charge is -2.22. The van der Waals surface area contributed by atoms with Gasteiger partial charge < -0.3 is 20.3 Å². The molecule has 0 saturated heterocycles. The Morgan fingerprint density at radius 2 is 0.812 bits per heavy atom. The fourth-order valence-electron chi connectivity index (χ4n) is 8.55. The molecule has 0 heterocycles. The van der Waals surface area contributed by atoms with E-state index < -0.39 is 12.1 Å². The Bertz CT molecular complexity index is 1040. The summed E-state index contributed by atoms with van der Waals surface area (Å²) in [5.74, 6) is -0.0917. The van der Waals surface area contributed by atoms with Crippen LogP contribution in [0.4, 0.5) is 0 Å². The van der Waals surface area contributed by atoms with E-state index in [1.54, 1.807) is 0 Å². The standard InChI is InChI=1S/C58H109NO5/c1-3-5-7-9-11-13-15-17-18-19-20-21-22-23-24-27-30-34-38-42-46-50-56(61)55(54-60)59-57(62)51-47-43-39-35-31-28-25-29-33-37-41-45-49-53-64-58(63)52-48-44-40-36-32-26-16-14-12-10-8-6-4-2/h8,10,14,16,28,31,55-56,60-61H,3-7,9,11-13,15,17-27,29-30,32-54H2,1-2H3,(H,59,62)/b10-8-,16-14-,31-28-. The van der Waals surface area contributed by atoms with Crippen LogP contribution in [-0.4, -0.2) is 47.4 Å². The second kappa shape index (κ2) is 53.7. The summed E-state index contributed by atoms with van der Waals surface area (Å²) < 4.78 is 5.44. The third kappa shape index (κ3) is 49.5. The van der Waals surface area contributed by atoms with E-state index in [1.807, 2.05) is 0 Å². The maximum Gasteiger partial charge on any atom is 0.305 e. The molecule has 0 aromatic rings. The number of carbonyl (C=O) groups is 2. The minimum atomic E-state index is -0.683. The first-order valence-electron chi connectivity index (χ1n) is 28.2. The topological polar surface area (TPSA) is 95.9 Å². The van der Waals surface area contributed by atoms with E-state index in [0.717, 1.165) is 83.5 Å². The molecule has 0 saturated carbocycles. The van der Waals surface area contributed by atoms with Gasteiger partial charge in [-0.05, 0) is 77.0 Å². The third-order valence-electron chi connectivity index (χ3n) is 12.9. The van der Waals surface area contributed by atoms with Gasteiger partial charge in [-0.3, -0.25) is 9.59 Å². The fourth-order valence-corrected chi connectivity index (χ4v) is 8.55. The van der Waals surface area contributed by atoms with Crippen molar-refractivity contribution in [2.45, 2.75) is 309 Å². The van der Waals surface area contributed by atoms with E-state index in [4.69, 9.17) is 4.74 Å². The highest BCUT2D eigenvalue weighted by molar-refractivity contribution is 5.76. The van der Waals surface area contributed by atoms with Crippen LogP contribution >= 0.6 is 0 Å². The van der Waals surface area contributed by atoms with Crippen LogP contribution in [0, 0.1) is 0 Å². The van der Waals surface area contributed by atoms with Gasteiger partial charge in [-0.2, -0.15) is 0 Å². The van der Waals surface area contributed by atoms with Crippen molar-refractivity contribution < 1.29 is 24.5 Å². The maximum atomic E-state index is 12.5. The van der Waals surface area contributed by atoms with Crippen LogP contribution in [0.3, 0.4) is 0 Å². The number of esters is 1. The molecule has 0 aliphatic rings. The summed E-state index contributed by atoms with van der Waals surface area (Å²) in [5, 5.41) is 23.3. The number of nitrogens with one attached hydrogen (secondary N) is 1.